The zero-order valence-corrected chi connectivity index (χ0v) is 18.8. The molecule has 1 aromatic heterocycles. The van der Waals surface area contributed by atoms with E-state index in [0.717, 1.165) is 42.4 Å². The van der Waals surface area contributed by atoms with E-state index in [1.54, 1.807) is 12.3 Å². The standard InChI is InChI=1S/C20H23ClF3N5O2S/c21-16-5-4-15(20(22,23)24)14-17(16)32(30,31)29-12-10-27(11-13-29)18-6-7-25-19(26-18)28-8-2-1-3-9-28/h4-7,14H,1-3,8-13H2. The molecule has 2 aliphatic rings. The van der Waals surface area contributed by atoms with Crippen LogP contribution in [0.15, 0.2) is 35.4 Å². The molecule has 0 aliphatic carbocycles. The van der Waals surface area contributed by atoms with E-state index in [2.05, 4.69) is 14.9 Å². The first-order valence-corrected chi connectivity index (χ1v) is 12.2. The Morgan fingerprint density at radius 3 is 2.25 bits per heavy atom. The van der Waals surface area contributed by atoms with E-state index in [1.165, 1.54) is 6.42 Å². The summed E-state index contributed by atoms with van der Waals surface area (Å²) in [4.78, 5) is 12.6. The lowest BCUT2D eigenvalue weighted by molar-refractivity contribution is -0.137. The molecule has 7 nitrogen and oxygen atoms in total. The topological polar surface area (TPSA) is 69.6 Å². The van der Waals surface area contributed by atoms with Crippen molar-refractivity contribution >= 4 is 33.4 Å². The number of aromatic nitrogens is 2. The van der Waals surface area contributed by atoms with Gasteiger partial charge in [0.15, 0.2) is 0 Å². The Balaban J connectivity index is 1.48. The molecule has 174 valence electrons. The van der Waals surface area contributed by atoms with Gasteiger partial charge in [0.2, 0.25) is 16.0 Å². The van der Waals surface area contributed by atoms with Gasteiger partial charge in [0.25, 0.3) is 0 Å². The Bertz CT molecular complexity index is 1070. The molecule has 32 heavy (non-hydrogen) atoms. The molecule has 2 aromatic rings. The van der Waals surface area contributed by atoms with Gasteiger partial charge in [-0.1, -0.05) is 11.6 Å². The summed E-state index contributed by atoms with van der Waals surface area (Å²) in [7, 11) is -4.17. The summed E-state index contributed by atoms with van der Waals surface area (Å²) in [5.74, 6) is 1.36. The molecular weight excluding hydrogens is 467 g/mol. The van der Waals surface area contributed by atoms with Crippen molar-refractivity contribution in [3.63, 3.8) is 0 Å². The number of alkyl halides is 3. The molecule has 0 amide bonds. The van der Waals surface area contributed by atoms with E-state index in [9.17, 15) is 21.6 Å². The molecule has 12 heteroatoms. The molecule has 2 saturated heterocycles. The molecule has 0 saturated carbocycles. The van der Waals surface area contributed by atoms with Crippen molar-refractivity contribution in [3.05, 3.63) is 41.0 Å². The number of hydrogen-bond donors (Lipinski definition) is 0. The van der Waals surface area contributed by atoms with E-state index >= 15 is 0 Å². The largest absolute Gasteiger partial charge is 0.416 e. The van der Waals surface area contributed by atoms with Crippen molar-refractivity contribution < 1.29 is 21.6 Å². The van der Waals surface area contributed by atoms with Crippen LogP contribution in [0.3, 0.4) is 0 Å². The van der Waals surface area contributed by atoms with Gasteiger partial charge in [-0.15, -0.1) is 0 Å². The fourth-order valence-corrected chi connectivity index (χ4v) is 5.86. The van der Waals surface area contributed by atoms with Crippen molar-refractivity contribution in [2.75, 3.05) is 49.1 Å². The van der Waals surface area contributed by atoms with Crippen molar-refractivity contribution in [3.8, 4) is 0 Å². The van der Waals surface area contributed by atoms with Crippen molar-refractivity contribution in [2.24, 2.45) is 0 Å². The van der Waals surface area contributed by atoms with Gasteiger partial charge in [0.1, 0.15) is 10.7 Å². The minimum atomic E-state index is -4.66. The van der Waals surface area contributed by atoms with Crippen LogP contribution in [-0.2, 0) is 16.2 Å². The van der Waals surface area contributed by atoms with Crippen LogP contribution in [0.25, 0.3) is 0 Å². The summed E-state index contributed by atoms with van der Waals surface area (Å²) in [6.45, 7) is 2.74. The lowest BCUT2D eigenvalue weighted by Gasteiger charge is -2.35. The van der Waals surface area contributed by atoms with Gasteiger partial charge in [-0.2, -0.15) is 22.5 Å². The highest BCUT2D eigenvalue weighted by atomic mass is 35.5. The SMILES string of the molecule is O=S(=O)(c1cc(C(F)(F)F)ccc1Cl)N1CCN(c2ccnc(N3CCCCC3)n2)CC1. The highest BCUT2D eigenvalue weighted by Gasteiger charge is 2.35. The van der Waals surface area contributed by atoms with Gasteiger partial charge >= 0.3 is 6.18 Å². The summed E-state index contributed by atoms with van der Waals surface area (Å²) >= 11 is 5.96. The summed E-state index contributed by atoms with van der Waals surface area (Å²) in [6.07, 6.45) is 0.428. The maximum absolute atomic E-state index is 13.1. The van der Waals surface area contributed by atoms with Crippen LogP contribution in [0.4, 0.5) is 24.9 Å². The maximum Gasteiger partial charge on any atom is 0.416 e. The fourth-order valence-electron chi connectivity index (χ4n) is 3.94. The second-order valence-electron chi connectivity index (χ2n) is 7.80. The van der Waals surface area contributed by atoms with E-state index in [0.29, 0.717) is 30.9 Å². The van der Waals surface area contributed by atoms with E-state index < -0.39 is 26.7 Å². The average Bonchev–Trinajstić information content (AvgIpc) is 2.79. The quantitative estimate of drug-likeness (QED) is 0.653. The van der Waals surface area contributed by atoms with Gasteiger partial charge in [0.05, 0.1) is 10.6 Å². The summed E-state index contributed by atoms with van der Waals surface area (Å²) in [5.41, 5.74) is -1.05. The predicted octanol–water partition coefficient (Wildman–Crippen LogP) is 3.65. The normalized spacial score (nSPS) is 18.8. The molecule has 0 radical (unpaired) electrons. The van der Waals surface area contributed by atoms with Crippen LogP contribution in [0.2, 0.25) is 5.02 Å². The van der Waals surface area contributed by atoms with Crippen LogP contribution in [0.1, 0.15) is 24.8 Å². The molecule has 0 spiro atoms. The van der Waals surface area contributed by atoms with Gasteiger partial charge in [-0.3, -0.25) is 0 Å². The zero-order valence-electron chi connectivity index (χ0n) is 17.2. The fraction of sp³-hybridized carbons (Fsp3) is 0.500. The number of benzene rings is 1. The molecule has 1 aromatic carbocycles. The van der Waals surface area contributed by atoms with Crippen molar-refractivity contribution in [1.82, 2.24) is 14.3 Å². The first-order valence-electron chi connectivity index (χ1n) is 10.4. The second-order valence-corrected chi connectivity index (χ2v) is 10.1. The number of rotatable bonds is 4. The Morgan fingerprint density at radius 1 is 0.906 bits per heavy atom. The molecule has 2 aliphatic heterocycles. The number of halogens is 4. The maximum atomic E-state index is 13.1. The highest BCUT2D eigenvalue weighted by Crippen LogP contribution is 2.34. The summed E-state index contributed by atoms with van der Waals surface area (Å²) < 4.78 is 66.4. The van der Waals surface area contributed by atoms with Crippen LogP contribution in [0.5, 0.6) is 0 Å². The lowest BCUT2D eigenvalue weighted by atomic mass is 10.1. The third-order valence-corrected chi connectivity index (χ3v) is 8.09. The van der Waals surface area contributed by atoms with Crippen LogP contribution < -0.4 is 9.80 Å². The lowest BCUT2D eigenvalue weighted by Crippen LogP contribution is -2.49. The van der Waals surface area contributed by atoms with Crippen molar-refractivity contribution in [1.29, 1.82) is 0 Å². The second kappa shape index (κ2) is 9.03. The number of anilines is 2. The van der Waals surface area contributed by atoms with Gasteiger partial charge in [0, 0.05) is 45.5 Å². The Morgan fingerprint density at radius 2 is 1.59 bits per heavy atom. The minimum absolute atomic E-state index is 0.109. The van der Waals surface area contributed by atoms with Gasteiger partial charge < -0.3 is 9.80 Å². The summed E-state index contributed by atoms with van der Waals surface area (Å²) in [5, 5.41) is -0.234. The average molecular weight is 490 g/mol. The Kier molecular flexibility index (Phi) is 6.51. The third kappa shape index (κ3) is 4.79. The number of hydrogen-bond acceptors (Lipinski definition) is 6. The van der Waals surface area contributed by atoms with E-state index in [-0.39, 0.29) is 18.1 Å². The first-order chi connectivity index (χ1) is 15.2. The molecule has 2 fully saturated rings. The predicted molar refractivity (Wildman–Crippen MR) is 116 cm³/mol. The third-order valence-electron chi connectivity index (χ3n) is 5.71. The van der Waals surface area contributed by atoms with Crippen LogP contribution >= 0.6 is 11.6 Å². The molecule has 0 bridgehead atoms. The molecule has 0 unspecified atom stereocenters. The number of piperidine rings is 1. The molecule has 3 heterocycles. The zero-order chi connectivity index (χ0) is 22.9. The molecular formula is C20H23ClF3N5O2S. The molecule has 0 atom stereocenters. The Labute approximate surface area is 189 Å². The van der Waals surface area contributed by atoms with Crippen LogP contribution in [-0.4, -0.2) is 62.0 Å². The first kappa shape index (κ1) is 23.1. The molecule has 0 N–H and O–H groups in total. The number of piperazine rings is 1. The smallest absolute Gasteiger partial charge is 0.354 e. The van der Waals surface area contributed by atoms with Gasteiger partial charge in [-0.05, 0) is 43.5 Å². The van der Waals surface area contributed by atoms with Gasteiger partial charge in [-0.25, -0.2) is 13.4 Å². The van der Waals surface area contributed by atoms with E-state index in [1.807, 2.05) is 4.90 Å². The van der Waals surface area contributed by atoms with Crippen LogP contribution in [0, 0.1) is 0 Å². The number of nitrogens with zero attached hydrogens (tertiary/aromatic N) is 5. The monoisotopic (exact) mass is 489 g/mol. The van der Waals surface area contributed by atoms with Crippen molar-refractivity contribution in [2.45, 2.75) is 30.3 Å². The minimum Gasteiger partial charge on any atom is -0.354 e. The molecule has 4 rings (SSSR count). The highest BCUT2D eigenvalue weighted by molar-refractivity contribution is 7.89. The Hall–Kier alpha value is -2.11. The summed E-state index contributed by atoms with van der Waals surface area (Å²) in [6, 6.07) is 4.12. The number of sulfonamides is 1. The van der Waals surface area contributed by atoms with E-state index in [4.69, 9.17) is 11.6 Å².